The summed E-state index contributed by atoms with van der Waals surface area (Å²) in [5.74, 6) is 0.718. The van der Waals surface area contributed by atoms with E-state index in [2.05, 4.69) is 72.3 Å². The number of hydrogen-bond donors (Lipinski definition) is 1. The molecule has 1 aromatic heterocycles. The van der Waals surface area contributed by atoms with Crippen LogP contribution in [0.25, 0.3) is 10.9 Å². The lowest BCUT2D eigenvalue weighted by atomic mass is 10.00. The van der Waals surface area contributed by atoms with Crippen LogP contribution in [0.2, 0.25) is 0 Å². The van der Waals surface area contributed by atoms with Gasteiger partial charge in [-0.25, -0.2) is 4.98 Å². The molecule has 0 aliphatic heterocycles. The van der Waals surface area contributed by atoms with E-state index in [0.29, 0.717) is 6.04 Å². The number of pyridine rings is 1. The molecule has 0 saturated carbocycles. The van der Waals surface area contributed by atoms with E-state index in [9.17, 15) is 0 Å². The second-order valence-electron chi connectivity index (χ2n) is 6.03. The number of para-hydroxylation sites is 1. The van der Waals surface area contributed by atoms with Gasteiger partial charge >= 0.3 is 0 Å². The molecule has 0 spiro atoms. The van der Waals surface area contributed by atoms with Gasteiger partial charge in [-0.15, -0.1) is 0 Å². The predicted molar refractivity (Wildman–Crippen MR) is 94.5 cm³/mol. The van der Waals surface area contributed by atoms with Crippen LogP contribution in [0, 0.1) is 5.92 Å². The predicted octanol–water partition coefficient (Wildman–Crippen LogP) is 5.47. The van der Waals surface area contributed by atoms with E-state index in [0.717, 1.165) is 41.0 Å². The molecule has 3 heteroatoms. The minimum Gasteiger partial charge on any atom is -0.309 e. The van der Waals surface area contributed by atoms with Crippen molar-refractivity contribution in [2.75, 3.05) is 6.54 Å². The molecule has 1 N–H and O–H groups in total. The summed E-state index contributed by atoms with van der Waals surface area (Å²) >= 11 is 3.71. The van der Waals surface area contributed by atoms with Crippen LogP contribution < -0.4 is 5.32 Å². The summed E-state index contributed by atoms with van der Waals surface area (Å²) in [5, 5.41) is 4.84. The monoisotopic (exact) mass is 348 g/mol. The Bertz CT molecular complexity index is 580. The third kappa shape index (κ3) is 4.52. The molecule has 0 aliphatic rings. The van der Waals surface area contributed by atoms with Gasteiger partial charge < -0.3 is 5.32 Å². The molecule has 0 amide bonds. The SMILES string of the molecule is CCCNC(CCC(C)C)c1nc2ccccc2cc1Br. The van der Waals surface area contributed by atoms with Gasteiger partial charge in [0.2, 0.25) is 0 Å². The molecule has 1 heterocycles. The van der Waals surface area contributed by atoms with Crippen molar-refractivity contribution in [3.05, 3.63) is 40.5 Å². The van der Waals surface area contributed by atoms with Crippen LogP contribution >= 0.6 is 15.9 Å². The topological polar surface area (TPSA) is 24.9 Å². The summed E-state index contributed by atoms with van der Waals surface area (Å²) < 4.78 is 1.11. The van der Waals surface area contributed by atoms with Gasteiger partial charge in [-0.2, -0.15) is 0 Å². The van der Waals surface area contributed by atoms with Crippen molar-refractivity contribution < 1.29 is 0 Å². The van der Waals surface area contributed by atoms with Crippen molar-refractivity contribution in [3.63, 3.8) is 0 Å². The number of fused-ring (bicyclic) bond motifs is 1. The summed E-state index contributed by atoms with van der Waals surface area (Å²) in [6.07, 6.45) is 3.48. The molecule has 1 unspecified atom stereocenters. The zero-order chi connectivity index (χ0) is 15.2. The molecule has 2 rings (SSSR count). The first-order valence-corrected chi connectivity index (χ1v) is 8.69. The quantitative estimate of drug-likeness (QED) is 0.716. The zero-order valence-corrected chi connectivity index (χ0v) is 14.8. The Morgan fingerprint density at radius 1 is 1.19 bits per heavy atom. The molecule has 2 nitrogen and oxygen atoms in total. The van der Waals surface area contributed by atoms with E-state index < -0.39 is 0 Å². The Morgan fingerprint density at radius 2 is 1.95 bits per heavy atom. The molecule has 114 valence electrons. The Labute approximate surface area is 136 Å². The number of nitrogens with zero attached hydrogens (tertiary/aromatic N) is 1. The van der Waals surface area contributed by atoms with Gasteiger partial charge in [-0.1, -0.05) is 39.0 Å². The number of benzene rings is 1. The Balaban J connectivity index is 2.30. The number of nitrogens with one attached hydrogen (secondary N) is 1. The maximum atomic E-state index is 4.90. The maximum absolute atomic E-state index is 4.90. The molecule has 0 bridgehead atoms. The number of halogens is 1. The van der Waals surface area contributed by atoms with Gasteiger partial charge in [-0.05, 0) is 59.8 Å². The van der Waals surface area contributed by atoms with Gasteiger partial charge in [0.25, 0.3) is 0 Å². The summed E-state index contributed by atoms with van der Waals surface area (Å²) in [5.41, 5.74) is 2.21. The van der Waals surface area contributed by atoms with E-state index in [1.54, 1.807) is 0 Å². The normalized spacial score (nSPS) is 13.0. The summed E-state index contributed by atoms with van der Waals surface area (Å²) in [6.45, 7) is 7.79. The summed E-state index contributed by atoms with van der Waals surface area (Å²) in [7, 11) is 0. The molecule has 0 fully saturated rings. The fourth-order valence-corrected chi connectivity index (χ4v) is 3.12. The second-order valence-corrected chi connectivity index (χ2v) is 6.88. The second kappa shape index (κ2) is 7.90. The van der Waals surface area contributed by atoms with E-state index in [1.165, 1.54) is 11.8 Å². The third-order valence-electron chi connectivity index (χ3n) is 3.71. The van der Waals surface area contributed by atoms with Crippen molar-refractivity contribution >= 4 is 26.8 Å². The fourth-order valence-electron chi connectivity index (χ4n) is 2.50. The average molecular weight is 349 g/mol. The first-order chi connectivity index (χ1) is 10.1. The zero-order valence-electron chi connectivity index (χ0n) is 13.2. The standard InChI is InChI=1S/C18H25BrN2/c1-4-11-20-17(10-9-13(2)3)18-15(19)12-14-7-5-6-8-16(14)21-18/h5-8,12-13,17,20H,4,9-11H2,1-3H3. The summed E-state index contributed by atoms with van der Waals surface area (Å²) in [4.78, 5) is 4.90. The molecule has 2 aromatic rings. The van der Waals surface area contributed by atoms with E-state index >= 15 is 0 Å². The third-order valence-corrected chi connectivity index (χ3v) is 4.34. The molecular weight excluding hydrogens is 324 g/mol. The minimum atomic E-state index is 0.325. The van der Waals surface area contributed by atoms with Crippen molar-refractivity contribution in [2.45, 2.75) is 46.1 Å². The van der Waals surface area contributed by atoms with Crippen LogP contribution in [-0.4, -0.2) is 11.5 Å². The molecular formula is C18H25BrN2. The lowest BCUT2D eigenvalue weighted by Gasteiger charge is -2.21. The highest BCUT2D eigenvalue weighted by Gasteiger charge is 2.17. The lowest BCUT2D eigenvalue weighted by molar-refractivity contribution is 0.433. The number of hydrogen-bond acceptors (Lipinski definition) is 2. The van der Waals surface area contributed by atoms with Crippen LogP contribution in [0.3, 0.4) is 0 Å². The van der Waals surface area contributed by atoms with Crippen molar-refractivity contribution in [1.29, 1.82) is 0 Å². The van der Waals surface area contributed by atoms with Gasteiger partial charge in [0.05, 0.1) is 17.3 Å². The van der Waals surface area contributed by atoms with E-state index in [4.69, 9.17) is 4.98 Å². The van der Waals surface area contributed by atoms with Crippen molar-refractivity contribution in [1.82, 2.24) is 10.3 Å². The Morgan fingerprint density at radius 3 is 2.67 bits per heavy atom. The van der Waals surface area contributed by atoms with Gasteiger partial charge in [0.1, 0.15) is 0 Å². The maximum Gasteiger partial charge on any atom is 0.0722 e. The smallest absolute Gasteiger partial charge is 0.0722 e. The fraction of sp³-hybridized carbons (Fsp3) is 0.500. The number of aromatic nitrogens is 1. The van der Waals surface area contributed by atoms with Gasteiger partial charge in [0.15, 0.2) is 0 Å². The van der Waals surface area contributed by atoms with Crippen LogP contribution in [0.15, 0.2) is 34.8 Å². The largest absolute Gasteiger partial charge is 0.309 e. The molecule has 0 radical (unpaired) electrons. The Kier molecular flexibility index (Phi) is 6.19. The van der Waals surface area contributed by atoms with Crippen LogP contribution in [0.5, 0.6) is 0 Å². The molecule has 21 heavy (non-hydrogen) atoms. The highest BCUT2D eigenvalue weighted by molar-refractivity contribution is 9.10. The molecule has 0 saturated heterocycles. The molecule has 1 aromatic carbocycles. The summed E-state index contributed by atoms with van der Waals surface area (Å²) in [6, 6.07) is 10.8. The molecule has 1 atom stereocenters. The van der Waals surface area contributed by atoms with Crippen LogP contribution in [0.1, 0.15) is 51.8 Å². The lowest BCUT2D eigenvalue weighted by Crippen LogP contribution is -2.24. The van der Waals surface area contributed by atoms with Gasteiger partial charge in [-0.3, -0.25) is 0 Å². The van der Waals surface area contributed by atoms with E-state index in [-0.39, 0.29) is 0 Å². The average Bonchev–Trinajstić information content (AvgIpc) is 2.47. The van der Waals surface area contributed by atoms with Crippen molar-refractivity contribution in [2.24, 2.45) is 5.92 Å². The highest BCUT2D eigenvalue weighted by atomic mass is 79.9. The minimum absolute atomic E-state index is 0.325. The highest BCUT2D eigenvalue weighted by Crippen LogP contribution is 2.29. The first kappa shape index (κ1) is 16.4. The first-order valence-electron chi connectivity index (χ1n) is 7.90. The Hall–Kier alpha value is -0.930. The van der Waals surface area contributed by atoms with Gasteiger partial charge in [0, 0.05) is 9.86 Å². The van der Waals surface area contributed by atoms with Crippen molar-refractivity contribution in [3.8, 4) is 0 Å². The van der Waals surface area contributed by atoms with Crippen LogP contribution in [0.4, 0.5) is 0 Å². The van der Waals surface area contributed by atoms with Crippen LogP contribution in [-0.2, 0) is 0 Å². The van der Waals surface area contributed by atoms with E-state index in [1.807, 2.05) is 0 Å². The number of rotatable bonds is 7. The molecule has 0 aliphatic carbocycles.